The first kappa shape index (κ1) is 20.2. The Kier molecular flexibility index (Phi) is 4.81. The van der Waals surface area contributed by atoms with Crippen molar-refractivity contribution in [3.05, 3.63) is 118 Å². The summed E-state index contributed by atoms with van der Waals surface area (Å²) in [6.45, 7) is 1.10. The Balaban J connectivity index is 1.30. The van der Waals surface area contributed by atoms with Gasteiger partial charge in [0.15, 0.2) is 0 Å². The summed E-state index contributed by atoms with van der Waals surface area (Å²) in [6, 6.07) is 31.3. The van der Waals surface area contributed by atoms with Crippen molar-refractivity contribution in [3.8, 4) is 0 Å². The Morgan fingerprint density at radius 1 is 0.818 bits per heavy atom. The number of benzene rings is 4. The van der Waals surface area contributed by atoms with Crippen molar-refractivity contribution in [1.82, 2.24) is 4.90 Å². The minimum Gasteiger partial charge on any atom is -0.384 e. The van der Waals surface area contributed by atoms with Crippen molar-refractivity contribution in [3.63, 3.8) is 0 Å². The van der Waals surface area contributed by atoms with Gasteiger partial charge in [-0.05, 0) is 76.4 Å². The van der Waals surface area contributed by atoms with Gasteiger partial charge in [0, 0.05) is 12.1 Å². The van der Waals surface area contributed by atoms with E-state index in [1.54, 1.807) is 0 Å². The summed E-state index contributed by atoms with van der Waals surface area (Å²) < 4.78 is 0. The lowest BCUT2D eigenvalue weighted by Gasteiger charge is -2.35. The predicted molar refractivity (Wildman–Crippen MR) is 136 cm³/mol. The lowest BCUT2D eigenvalue weighted by atomic mass is 9.86. The second-order valence-corrected chi connectivity index (χ2v) is 9.69. The van der Waals surface area contributed by atoms with E-state index < -0.39 is 0 Å². The summed E-state index contributed by atoms with van der Waals surface area (Å²) in [5.41, 5.74) is 13.7. The molecule has 0 radical (unpaired) electrons. The highest BCUT2D eigenvalue weighted by atomic mass is 15.1. The van der Waals surface area contributed by atoms with Gasteiger partial charge in [0.05, 0.1) is 6.04 Å². The molecule has 2 aliphatic rings. The maximum Gasteiger partial charge on any atom is 0.122 e. The number of hydrogen-bond donors (Lipinski definition) is 2. The van der Waals surface area contributed by atoms with E-state index in [0.717, 1.165) is 23.9 Å². The second kappa shape index (κ2) is 7.86. The van der Waals surface area contributed by atoms with E-state index in [4.69, 9.17) is 11.1 Å². The van der Waals surface area contributed by atoms with Gasteiger partial charge in [-0.3, -0.25) is 10.3 Å². The standard InChI is InChI=1S/C30H29N3/c1-33-14-13-19-7-10-24(17-28(19)29(33)20-5-3-2-4-6-20)27-18-26(27)23-11-8-22-16-25(30(31)32)12-9-21(22)15-23/h2-12,15-17,26-27,29H,13-14,18H2,1H3,(H3,31,32)/t26?,27-,29?/m0/s1. The summed E-state index contributed by atoms with van der Waals surface area (Å²) in [5.74, 6) is 1.29. The quantitative estimate of drug-likeness (QED) is 0.309. The normalized spacial score (nSPS) is 22.2. The Labute approximate surface area is 195 Å². The number of nitrogens with two attached hydrogens (primary N) is 1. The van der Waals surface area contributed by atoms with E-state index in [1.165, 1.54) is 39.6 Å². The molecule has 1 heterocycles. The Bertz CT molecular complexity index is 1360. The van der Waals surface area contributed by atoms with Gasteiger partial charge in [0.2, 0.25) is 0 Å². The van der Waals surface area contributed by atoms with Crippen LogP contribution in [0.25, 0.3) is 10.8 Å². The molecule has 0 saturated heterocycles. The number of rotatable bonds is 4. The van der Waals surface area contributed by atoms with Crippen molar-refractivity contribution in [2.45, 2.75) is 30.7 Å². The first-order valence-electron chi connectivity index (χ1n) is 11.8. The van der Waals surface area contributed by atoms with Crippen LogP contribution in [0.3, 0.4) is 0 Å². The second-order valence-electron chi connectivity index (χ2n) is 9.69. The zero-order chi connectivity index (χ0) is 22.5. The van der Waals surface area contributed by atoms with Crippen LogP contribution in [0.4, 0.5) is 0 Å². The largest absolute Gasteiger partial charge is 0.384 e. The van der Waals surface area contributed by atoms with Gasteiger partial charge in [-0.2, -0.15) is 0 Å². The molecule has 1 fully saturated rings. The molecule has 1 aliphatic carbocycles. The van der Waals surface area contributed by atoms with E-state index >= 15 is 0 Å². The first-order chi connectivity index (χ1) is 16.1. The average Bonchev–Trinajstić information content (AvgIpc) is 3.64. The van der Waals surface area contributed by atoms with Crippen LogP contribution < -0.4 is 5.73 Å². The Hall–Kier alpha value is -3.43. The van der Waals surface area contributed by atoms with E-state index in [1.807, 2.05) is 12.1 Å². The van der Waals surface area contributed by atoms with Crippen LogP contribution in [0, 0.1) is 5.41 Å². The van der Waals surface area contributed by atoms with E-state index in [-0.39, 0.29) is 5.84 Å². The molecule has 0 spiro atoms. The van der Waals surface area contributed by atoms with E-state index in [0.29, 0.717) is 17.9 Å². The van der Waals surface area contributed by atoms with Gasteiger partial charge in [-0.25, -0.2) is 0 Å². The highest BCUT2D eigenvalue weighted by molar-refractivity contribution is 5.99. The molecule has 164 valence electrons. The summed E-state index contributed by atoms with van der Waals surface area (Å²) in [6.07, 6.45) is 2.33. The van der Waals surface area contributed by atoms with Gasteiger partial charge in [0.1, 0.15) is 5.84 Å². The maximum atomic E-state index is 7.68. The van der Waals surface area contributed by atoms with E-state index in [2.05, 4.69) is 84.7 Å². The van der Waals surface area contributed by atoms with Crippen molar-refractivity contribution < 1.29 is 0 Å². The molecule has 6 rings (SSSR count). The number of fused-ring (bicyclic) bond motifs is 2. The third-order valence-electron chi connectivity index (χ3n) is 7.58. The molecular formula is C30H29N3. The summed E-state index contributed by atoms with van der Waals surface area (Å²) >= 11 is 0. The Morgan fingerprint density at radius 2 is 1.52 bits per heavy atom. The highest BCUT2D eigenvalue weighted by Gasteiger charge is 2.40. The summed E-state index contributed by atoms with van der Waals surface area (Å²) in [7, 11) is 2.25. The number of nitrogen functional groups attached to an aromatic ring is 1. The molecule has 0 amide bonds. The minimum atomic E-state index is 0.120. The van der Waals surface area contributed by atoms with Crippen LogP contribution in [0.15, 0.2) is 84.9 Å². The topological polar surface area (TPSA) is 53.1 Å². The molecule has 3 nitrogen and oxygen atoms in total. The highest BCUT2D eigenvalue weighted by Crippen LogP contribution is 2.55. The van der Waals surface area contributed by atoms with Crippen LogP contribution in [0.5, 0.6) is 0 Å². The van der Waals surface area contributed by atoms with Gasteiger partial charge >= 0.3 is 0 Å². The van der Waals surface area contributed by atoms with Crippen LogP contribution in [0.1, 0.15) is 57.7 Å². The van der Waals surface area contributed by atoms with Crippen LogP contribution in [0.2, 0.25) is 0 Å². The SMILES string of the molecule is CN1CCc2ccc([C@@H]3CC3c3ccc4cc(C(=N)N)ccc4c3)cc2C1c1ccccc1. The molecule has 3 heteroatoms. The molecule has 3 atom stereocenters. The zero-order valence-corrected chi connectivity index (χ0v) is 19.0. The average molecular weight is 432 g/mol. The molecule has 1 aliphatic heterocycles. The molecule has 3 N–H and O–H groups in total. The number of hydrogen-bond acceptors (Lipinski definition) is 2. The van der Waals surface area contributed by atoms with Crippen molar-refractivity contribution >= 4 is 16.6 Å². The smallest absolute Gasteiger partial charge is 0.122 e. The summed E-state index contributed by atoms with van der Waals surface area (Å²) in [4.78, 5) is 2.49. The molecule has 33 heavy (non-hydrogen) atoms. The monoisotopic (exact) mass is 431 g/mol. The van der Waals surface area contributed by atoms with Crippen molar-refractivity contribution in [2.24, 2.45) is 5.73 Å². The van der Waals surface area contributed by atoms with Crippen LogP contribution >= 0.6 is 0 Å². The van der Waals surface area contributed by atoms with Gasteiger partial charge < -0.3 is 5.73 Å². The van der Waals surface area contributed by atoms with Crippen LogP contribution in [-0.4, -0.2) is 24.3 Å². The van der Waals surface area contributed by atoms with E-state index in [9.17, 15) is 0 Å². The molecule has 0 bridgehead atoms. The lowest BCUT2D eigenvalue weighted by Crippen LogP contribution is -2.32. The number of likely N-dealkylation sites (N-methyl/N-ethyl adjacent to an activating group) is 1. The van der Waals surface area contributed by atoms with Gasteiger partial charge in [-0.15, -0.1) is 0 Å². The fourth-order valence-corrected chi connectivity index (χ4v) is 5.65. The summed E-state index contributed by atoms with van der Waals surface area (Å²) in [5, 5.41) is 10.0. The molecule has 1 saturated carbocycles. The third-order valence-corrected chi connectivity index (χ3v) is 7.58. The number of nitrogens with one attached hydrogen (secondary N) is 1. The predicted octanol–water partition coefficient (Wildman–Crippen LogP) is 5.97. The first-order valence-corrected chi connectivity index (χ1v) is 11.8. The lowest BCUT2D eigenvalue weighted by molar-refractivity contribution is 0.264. The number of nitrogens with zero attached hydrogens (tertiary/aromatic N) is 1. The molecule has 4 aromatic rings. The molecule has 0 aromatic heterocycles. The van der Waals surface area contributed by atoms with Crippen molar-refractivity contribution in [1.29, 1.82) is 5.41 Å². The molecule has 2 unspecified atom stereocenters. The van der Waals surface area contributed by atoms with Crippen molar-refractivity contribution in [2.75, 3.05) is 13.6 Å². The molecule has 4 aromatic carbocycles. The fraction of sp³-hybridized carbons (Fsp3) is 0.233. The minimum absolute atomic E-state index is 0.120. The Morgan fingerprint density at radius 3 is 2.30 bits per heavy atom. The zero-order valence-electron chi connectivity index (χ0n) is 19.0. The number of amidine groups is 1. The van der Waals surface area contributed by atoms with Gasteiger partial charge in [-0.1, -0.05) is 78.9 Å². The fourth-order valence-electron chi connectivity index (χ4n) is 5.65. The van der Waals surface area contributed by atoms with Gasteiger partial charge in [0.25, 0.3) is 0 Å². The molecular weight excluding hydrogens is 402 g/mol. The maximum absolute atomic E-state index is 7.68. The van der Waals surface area contributed by atoms with Crippen LogP contribution in [-0.2, 0) is 6.42 Å². The third kappa shape index (κ3) is 3.63.